The quantitative estimate of drug-likeness (QED) is 0.173. The number of phenolic OH excluding ortho intramolecular Hbond substituents is 1. The van der Waals surface area contributed by atoms with E-state index in [0.717, 1.165) is 18.9 Å². The van der Waals surface area contributed by atoms with E-state index in [1.54, 1.807) is 0 Å². The third-order valence-electron chi connectivity index (χ3n) is 8.44. The molecule has 0 aromatic heterocycles. The highest BCUT2D eigenvalue weighted by molar-refractivity contribution is 6.24. The van der Waals surface area contributed by atoms with Gasteiger partial charge in [0.1, 0.15) is 29.6 Å². The Bertz CT molecular complexity index is 1420. The molecule has 220 valence electrons. The summed E-state index contributed by atoms with van der Waals surface area (Å²) in [4.78, 5) is 53.3. The zero-order valence-electron chi connectivity index (χ0n) is 21.9. The number of nitrogens with one attached hydrogen (secondary N) is 2. The zero-order valence-corrected chi connectivity index (χ0v) is 21.9. The standard InChI is InChI=1S/C27H30F2N4O8/c28-3-4-31-20-13-8-11-7-12-14(29)9-15(32-16(34)10-33-5-1-2-6-33)21(35)18(12)22(36)17(11)24(38)27(13,41)25(39)19(23(20)37)26(30)40/h9,11,13,20,31,35-36,39,41H,1-8,10H2,(H2,30,40)(H,32,34)/t11-,13-,20-,27-/m0/s1. The number of aliphatic hydroxyl groups is 3. The van der Waals surface area contributed by atoms with Crippen LogP contribution >= 0.6 is 0 Å². The average Bonchev–Trinajstić information content (AvgIpc) is 3.41. The number of amides is 2. The predicted octanol–water partition coefficient (Wildman–Crippen LogP) is 0.135. The lowest BCUT2D eigenvalue weighted by atomic mass is 9.57. The summed E-state index contributed by atoms with van der Waals surface area (Å²) in [6.45, 7) is 0.110. The largest absolute Gasteiger partial charge is 0.508 e. The smallest absolute Gasteiger partial charge is 0.255 e. The van der Waals surface area contributed by atoms with E-state index in [2.05, 4.69) is 10.6 Å². The Morgan fingerprint density at radius 3 is 2.49 bits per heavy atom. The van der Waals surface area contributed by atoms with Crippen LogP contribution in [-0.2, 0) is 25.6 Å². The van der Waals surface area contributed by atoms with Gasteiger partial charge in [-0.25, -0.2) is 8.78 Å². The van der Waals surface area contributed by atoms with Gasteiger partial charge in [-0.15, -0.1) is 0 Å². The van der Waals surface area contributed by atoms with Crippen molar-refractivity contribution < 1.29 is 48.4 Å². The number of alkyl halides is 1. The van der Waals surface area contributed by atoms with E-state index in [1.165, 1.54) is 0 Å². The number of hydrogen-bond donors (Lipinski definition) is 7. The number of anilines is 1. The van der Waals surface area contributed by atoms with Crippen LogP contribution < -0.4 is 16.4 Å². The summed E-state index contributed by atoms with van der Waals surface area (Å²) >= 11 is 0. The molecule has 1 aromatic rings. The van der Waals surface area contributed by atoms with Crippen molar-refractivity contribution in [1.82, 2.24) is 10.2 Å². The number of rotatable bonds is 7. The average molecular weight is 577 g/mol. The van der Waals surface area contributed by atoms with Crippen LogP contribution in [0.3, 0.4) is 0 Å². The van der Waals surface area contributed by atoms with Crippen molar-refractivity contribution in [3.05, 3.63) is 39.9 Å². The zero-order chi connectivity index (χ0) is 29.8. The number of likely N-dealkylation sites (tertiary alicyclic amines) is 1. The van der Waals surface area contributed by atoms with Crippen molar-refractivity contribution >= 4 is 34.8 Å². The number of nitrogens with two attached hydrogens (primary N) is 1. The van der Waals surface area contributed by atoms with Crippen molar-refractivity contribution in [2.75, 3.05) is 38.2 Å². The van der Waals surface area contributed by atoms with Crippen molar-refractivity contribution in [3.8, 4) is 5.75 Å². The van der Waals surface area contributed by atoms with Gasteiger partial charge in [0.15, 0.2) is 17.1 Å². The second-order valence-corrected chi connectivity index (χ2v) is 10.8. The van der Waals surface area contributed by atoms with Crippen molar-refractivity contribution in [2.45, 2.75) is 37.3 Å². The van der Waals surface area contributed by atoms with E-state index in [0.29, 0.717) is 13.1 Å². The van der Waals surface area contributed by atoms with Gasteiger partial charge in [-0.1, -0.05) is 0 Å². The van der Waals surface area contributed by atoms with Crippen molar-refractivity contribution in [3.63, 3.8) is 0 Å². The first-order valence-corrected chi connectivity index (χ1v) is 13.3. The first kappa shape index (κ1) is 28.6. The normalized spacial score (nSPS) is 27.9. The molecule has 0 spiro atoms. The fourth-order valence-corrected chi connectivity index (χ4v) is 6.57. The molecule has 41 heavy (non-hydrogen) atoms. The SMILES string of the molecule is NC(=O)C1=C(O)[C@@]2(O)C(=O)C3=C(O)c4c(O)c(NC(=O)CN5CCCC5)cc(F)c4C[C@H]3C[C@H]2[C@H](NCCF)C1=O. The first-order valence-electron chi connectivity index (χ1n) is 13.3. The molecule has 0 unspecified atom stereocenters. The number of Topliss-reactive ketones (excluding diaryl/α,β-unsaturated/α-hetero) is 2. The second kappa shape index (κ2) is 10.5. The molecule has 0 bridgehead atoms. The predicted molar refractivity (Wildman–Crippen MR) is 139 cm³/mol. The lowest BCUT2D eigenvalue weighted by molar-refractivity contribution is -0.150. The Morgan fingerprint density at radius 2 is 1.85 bits per heavy atom. The van der Waals surface area contributed by atoms with Crippen LogP contribution in [0, 0.1) is 17.7 Å². The van der Waals surface area contributed by atoms with Crippen molar-refractivity contribution in [2.24, 2.45) is 17.6 Å². The van der Waals surface area contributed by atoms with Gasteiger partial charge in [0.25, 0.3) is 5.91 Å². The Labute approximate surface area is 232 Å². The van der Waals surface area contributed by atoms with Gasteiger partial charge in [0, 0.05) is 29.7 Å². The van der Waals surface area contributed by atoms with E-state index in [9.17, 15) is 44.0 Å². The van der Waals surface area contributed by atoms with Gasteiger partial charge in [-0.2, -0.15) is 0 Å². The number of halogens is 2. The number of carbonyl (C=O) groups excluding carboxylic acids is 4. The highest BCUT2D eigenvalue weighted by atomic mass is 19.1. The number of nitrogens with zero attached hydrogens (tertiary/aromatic N) is 1. The summed E-state index contributed by atoms with van der Waals surface area (Å²) in [6, 6.07) is -0.603. The molecule has 14 heteroatoms. The number of aromatic hydroxyl groups is 1. The Balaban J connectivity index is 1.58. The van der Waals surface area contributed by atoms with Crippen LogP contribution in [0.2, 0.25) is 0 Å². The molecular formula is C27H30F2N4O8. The molecule has 4 atom stereocenters. The molecule has 5 rings (SSSR count). The van der Waals surface area contributed by atoms with Gasteiger partial charge < -0.3 is 36.8 Å². The van der Waals surface area contributed by atoms with Crippen molar-refractivity contribution in [1.29, 1.82) is 0 Å². The number of hydrogen-bond acceptors (Lipinski definition) is 10. The van der Waals surface area contributed by atoms with Gasteiger partial charge >= 0.3 is 0 Å². The maximum Gasteiger partial charge on any atom is 0.255 e. The van der Waals surface area contributed by atoms with Crippen LogP contribution in [0.25, 0.3) is 5.76 Å². The highest BCUT2D eigenvalue weighted by Gasteiger charge is 2.63. The molecule has 2 amide bonds. The maximum atomic E-state index is 15.4. The van der Waals surface area contributed by atoms with E-state index >= 15 is 4.39 Å². The highest BCUT2D eigenvalue weighted by Crippen LogP contribution is 2.53. The van der Waals surface area contributed by atoms with E-state index in [4.69, 9.17) is 5.73 Å². The molecule has 12 nitrogen and oxygen atoms in total. The van der Waals surface area contributed by atoms with Crippen LogP contribution in [0.1, 0.15) is 30.4 Å². The topological polar surface area (TPSA) is 203 Å². The summed E-state index contributed by atoms with van der Waals surface area (Å²) < 4.78 is 28.4. The van der Waals surface area contributed by atoms with Crippen LogP contribution in [-0.4, -0.2) is 93.2 Å². The third-order valence-corrected chi connectivity index (χ3v) is 8.44. The number of ketones is 2. The fourth-order valence-electron chi connectivity index (χ4n) is 6.57. The fraction of sp³-hybridized carbons (Fsp3) is 0.481. The van der Waals surface area contributed by atoms with E-state index in [1.807, 2.05) is 4.90 Å². The third kappa shape index (κ3) is 4.46. The minimum absolute atomic E-state index is 0.00430. The molecule has 1 saturated carbocycles. The summed E-state index contributed by atoms with van der Waals surface area (Å²) in [7, 11) is 0. The first-order chi connectivity index (χ1) is 19.4. The molecule has 3 aliphatic carbocycles. The minimum atomic E-state index is -2.92. The number of fused-ring (bicyclic) bond motifs is 3. The van der Waals surface area contributed by atoms with Crippen LogP contribution in [0.15, 0.2) is 23.0 Å². The van der Waals surface area contributed by atoms with E-state index in [-0.39, 0.29) is 37.2 Å². The molecule has 8 N–H and O–H groups in total. The Hall–Kier alpha value is -3.88. The van der Waals surface area contributed by atoms with Gasteiger partial charge in [-0.3, -0.25) is 24.1 Å². The molecule has 1 aromatic carbocycles. The molecule has 1 heterocycles. The summed E-state index contributed by atoms with van der Waals surface area (Å²) in [5.41, 5.74) is -0.155. The number of phenols is 1. The number of carbonyl (C=O) groups is 4. The number of benzene rings is 1. The summed E-state index contributed by atoms with van der Waals surface area (Å²) in [5, 5.41) is 49.6. The lowest BCUT2D eigenvalue weighted by Gasteiger charge is -2.49. The molecular weight excluding hydrogens is 546 g/mol. The van der Waals surface area contributed by atoms with Gasteiger partial charge in [0.05, 0.1) is 23.8 Å². The maximum absolute atomic E-state index is 15.4. The van der Waals surface area contributed by atoms with Crippen LogP contribution in [0.5, 0.6) is 5.75 Å². The number of aliphatic hydroxyl groups excluding tert-OH is 2. The number of primary amides is 1. The van der Waals surface area contributed by atoms with Crippen LogP contribution in [0.4, 0.5) is 14.5 Å². The summed E-state index contributed by atoms with van der Waals surface area (Å²) in [6.07, 6.45) is 1.33. The molecule has 0 radical (unpaired) electrons. The second-order valence-electron chi connectivity index (χ2n) is 10.8. The van der Waals surface area contributed by atoms with Gasteiger partial charge in [-0.05, 0) is 44.7 Å². The molecule has 1 aliphatic heterocycles. The lowest BCUT2D eigenvalue weighted by Crippen LogP contribution is -2.66. The van der Waals surface area contributed by atoms with Gasteiger partial charge in [0.2, 0.25) is 11.7 Å². The Kier molecular flexibility index (Phi) is 7.34. The Morgan fingerprint density at radius 1 is 1.17 bits per heavy atom. The van der Waals surface area contributed by atoms with E-state index < -0.39 is 93.3 Å². The minimum Gasteiger partial charge on any atom is -0.508 e. The molecule has 1 saturated heterocycles. The molecule has 2 fully saturated rings. The summed E-state index contributed by atoms with van der Waals surface area (Å²) in [5.74, 6) is -10.5. The monoisotopic (exact) mass is 576 g/mol. The molecule has 4 aliphatic rings.